The molecule has 0 aromatic heterocycles. The van der Waals surface area contributed by atoms with E-state index in [1.165, 1.54) is 12.8 Å². The molecule has 1 rings (SSSR count). The van der Waals surface area contributed by atoms with Crippen molar-refractivity contribution in [3.8, 4) is 0 Å². The average Bonchev–Trinajstić information content (AvgIpc) is 2.55. The zero-order valence-electron chi connectivity index (χ0n) is 10.4. The Hall–Kier alpha value is -0.570. The number of carbonyl (C=O) groups is 1. The maximum atomic E-state index is 11.6. The van der Waals surface area contributed by atoms with Crippen LogP contribution in [0.3, 0.4) is 0 Å². The summed E-state index contributed by atoms with van der Waals surface area (Å²) in [5.41, 5.74) is 0. The fourth-order valence-corrected chi connectivity index (χ4v) is 2.18. The minimum absolute atomic E-state index is 0.198. The summed E-state index contributed by atoms with van der Waals surface area (Å²) in [6.45, 7) is 7.86. The summed E-state index contributed by atoms with van der Waals surface area (Å²) in [6.07, 6.45) is 2.50. The van der Waals surface area contributed by atoms with Crippen LogP contribution in [-0.4, -0.2) is 37.0 Å². The molecule has 0 saturated heterocycles. The molecule has 0 bridgehead atoms. The van der Waals surface area contributed by atoms with Gasteiger partial charge >= 0.3 is 0 Å². The van der Waals surface area contributed by atoms with Crippen LogP contribution in [0.25, 0.3) is 0 Å². The van der Waals surface area contributed by atoms with Crippen molar-refractivity contribution in [2.75, 3.05) is 20.1 Å². The SMILES string of the molecule is CCN(C)C(=O)CNC1CCC(C)C1C. The van der Waals surface area contributed by atoms with Crippen molar-refractivity contribution in [2.45, 2.75) is 39.7 Å². The van der Waals surface area contributed by atoms with E-state index in [2.05, 4.69) is 19.2 Å². The molecule has 0 aliphatic heterocycles. The first-order chi connectivity index (χ1) is 7.06. The van der Waals surface area contributed by atoms with Crippen molar-refractivity contribution in [1.29, 1.82) is 0 Å². The summed E-state index contributed by atoms with van der Waals surface area (Å²) in [4.78, 5) is 13.3. The Morgan fingerprint density at radius 2 is 2.07 bits per heavy atom. The molecular formula is C12H24N2O. The summed E-state index contributed by atoms with van der Waals surface area (Å²) in [5, 5.41) is 3.39. The highest BCUT2D eigenvalue weighted by Crippen LogP contribution is 2.30. The van der Waals surface area contributed by atoms with Gasteiger partial charge in [-0.2, -0.15) is 0 Å². The van der Waals surface area contributed by atoms with Gasteiger partial charge in [-0.1, -0.05) is 13.8 Å². The first kappa shape index (κ1) is 12.5. The molecule has 1 aliphatic carbocycles. The van der Waals surface area contributed by atoms with Crippen molar-refractivity contribution in [1.82, 2.24) is 10.2 Å². The highest BCUT2D eigenvalue weighted by atomic mass is 16.2. The lowest BCUT2D eigenvalue weighted by molar-refractivity contribution is -0.128. The molecule has 0 radical (unpaired) electrons. The Morgan fingerprint density at radius 3 is 2.53 bits per heavy atom. The highest BCUT2D eigenvalue weighted by molar-refractivity contribution is 5.77. The van der Waals surface area contributed by atoms with Crippen molar-refractivity contribution < 1.29 is 4.79 Å². The number of nitrogens with zero attached hydrogens (tertiary/aromatic N) is 1. The van der Waals surface area contributed by atoms with E-state index >= 15 is 0 Å². The van der Waals surface area contributed by atoms with E-state index < -0.39 is 0 Å². The van der Waals surface area contributed by atoms with Crippen LogP contribution >= 0.6 is 0 Å². The average molecular weight is 212 g/mol. The molecule has 3 atom stereocenters. The third kappa shape index (κ3) is 3.20. The van der Waals surface area contributed by atoms with Gasteiger partial charge in [-0.25, -0.2) is 0 Å². The third-order valence-corrected chi connectivity index (χ3v) is 3.88. The molecule has 3 unspecified atom stereocenters. The monoisotopic (exact) mass is 212 g/mol. The summed E-state index contributed by atoms with van der Waals surface area (Å²) in [6, 6.07) is 0.536. The molecule has 1 aliphatic rings. The number of amides is 1. The smallest absolute Gasteiger partial charge is 0.236 e. The number of nitrogens with one attached hydrogen (secondary N) is 1. The normalized spacial score (nSPS) is 30.5. The van der Waals surface area contributed by atoms with Crippen LogP contribution < -0.4 is 5.32 Å². The van der Waals surface area contributed by atoms with Gasteiger partial charge < -0.3 is 10.2 Å². The van der Waals surface area contributed by atoms with Crippen LogP contribution in [0.2, 0.25) is 0 Å². The van der Waals surface area contributed by atoms with Gasteiger partial charge in [0.2, 0.25) is 5.91 Å². The van der Waals surface area contributed by atoms with Gasteiger partial charge in [0, 0.05) is 19.6 Å². The summed E-state index contributed by atoms with van der Waals surface area (Å²) in [7, 11) is 1.85. The predicted octanol–water partition coefficient (Wildman–Crippen LogP) is 1.49. The van der Waals surface area contributed by atoms with Crippen LogP contribution in [0.15, 0.2) is 0 Å². The van der Waals surface area contributed by atoms with Crippen LogP contribution in [0.5, 0.6) is 0 Å². The minimum Gasteiger partial charge on any atom is -0.345 e. The van der Waals surface area contributed by atoms with Gasteiger partial charge in [-0.3, -0.25) is 4.79 Å². The molecule has 1 amide bonds. The molecule has 3 nitrogen and oxygen atoms in total. The molecule has 1 fully saturated rings. The molecule has 1 saturated carbocycles. The van der Waals surface area contributed by atoms with Gasteiger partial charge in [0.25, 0.3) is 0 Å². The van der Waals surface area contributed by atoms with E-state index in [1.807, 2.05) is 14.0 Å². The van der Waals surface area contributed by atoms with Crippen molar-refractivity contribution in [3.05, 3.63) is 0 Å². The van der Waals surface area contributed by atoms with Gasteiger partial charge in [0.05, 0.1) is 6.54 Å². The Balaban J connectivity index is 2.28. The molecule has 0 aromatic carbocycles. The Morgan fingerprint density at radius 1 is 1.40 bits per heavy atom. The molecule has 0 heterocycles. The molecule has 88 valence electrons. The van der Waals surface area contributed by atoms with E-state index in [0.29, 0.717) is 18.5 Å². The van der Waals surface area contributed by atoms with Crippen LogP contribution in [0.4, 0.5) is 0 Å². The largest absolute Gasteiger partial charge is 0.345 e. The van der Waals surface area contributed by atoms with Crippen molar-refractivity contribution in [3.63, 3.8) is 0 Å². The quantitative estimate of drug-likeness (QED) is 0.765. The second kappa shape index (κ2) is 5.50. The van der Waals surface area contributed by atoms with E-state index in [0.717, 1.165) is 12.5 Å². The second-order valence-corrected chi connectivity index (χ2v) is 4.81. The molecule has 15 heavy (non-hydrogen) atoms. The molecule has 1 N–H and O–H groups in total. The first-order valence-electron chi connectivity index (χ1n) is 6.03. The maximum Gasteiger partial charge on any atom is 0.236 e. The lowest BCUT2D eigenvalue weighted by atomic mass is 9.98. The van der Waals surface area contributed by atoms with E-state index in [4.69, 9.17) is 0 Å². The minimum atomic E-state index is 0.198. The molecule has 3 heteroatoms. The number of hydrogen-bond donors (Lipinski definition) is 1. The van der Waals surface area contributed by atoms with Gasteiger partial charge in [-0.05, 0) is 31.6 Å². The second-order valence-electron chi connectivity index (χ2n) is 4.81. The number of likely N-dealkylation sites (N-methyl/N-ethyl adjacent to an activating group) is 1. The molecule has 0 aromatic rings. The number of rotatable bonds is 4. The van der Waals surface area contributed by atoms with Crippen LogP contribution in [0, 0.1) is 11.8 Å². The van der Waals surface area contributed by atoms with Crippen LogP contribution in [-0.2, 0) is 4.79 Å². The zero-order valence-corrected chi connectivity index (χ0v) is 10.4. The Labute approximate surface area is 93.2 Å². The standard InChI is InChI=1S/C12H24N2O/c1-5-14(4)12(15)8-13-11-7-6-9(2)10(11)3/h9-11,13H,5-8H2,1-4H3. The van der Waals surface area contributed by atoms with Gasteiger partial charge in [0.1, 0.15) is 0 Å². The van der Waals surface area contributed by atoms with Gasteiger partial charge in [-0.15, -0.1) is 0 Å². The Kier molecular flexibility index (Phi) is 4.58. The Bertz CT molecular complexity index is 218. The van der Waals surface area contributed by atoms with E-state index in [1.54, 1.807) is 4.90 Å². The van der Waals surface area contributed by atoms with E-state index in [-0.39, 0.29) is 5.91 Å². The number of hydrogen-bond acceptors (Lipinski definition) is 2. The summed E-state index contributed by atoms with van der Waals surface area (Å²) < 4.78 is 0. The summed E-state index contributed by atoms with van der Waals surface area (Å²) in [5.74, 6) is 1.69. The lowest BCUT2D eigenvalue weighted by Crippen LogP contribution is -2.41. The molecule has 0 spiro atoms. The van der Waals surface area contributed by atoms with E-state index in [9.17, 15) is 4.79 Å². The van der Waals surface area contributed by atoms with Crippen LogP contribution in [0.1, 0.15) is 33.6 Å². The van der Waals surface area contributed by atoms with Crippen molar-refractivity contribution >= 4 is 5.91 Å². The summed E-state index contributed by atoms with van der Waals surface area (Å²) >= 11 is 0. The fourth-order valence-electron chi connectivity index (χ4n) is 2.18. The van der Waals surface area contributed by atoms with Gasteiger partial charge in [0.15, 0.2) is 0 Å². The number of carbonyl (C=O) groups excluding carboxylic acids is 1. The zero-order chi connectivity index (χ0) is 11.4. The fraction of sp³-hybridized carbons (Fsp3) is 0.917. The van der Waals surface area contributed by atoms with Crippen molar-refractivity contribution in [2.24, 2.45) is 11.8 Å². The third-order valence-electron chi connectivity index (χ3n) is 3.88. The lowest BCUT2D eigenvalue weighted by Gasteiger charge is -2.21. The first-order valence-corrected chi connectivity index (χ1v) is 6.03. The topological polar surface area (TPSA) is 32.3 Å². The highest BCUT2D eigenvalue weighted by Gasteiger charge is 2.29. The molecular weight excluding hydrogens is 188 g/mol. The maximum absolute atomic E-state index is 11.6. The predicted molar refractivity (Wildman–Crippen MR) is 62.7 cm³/mol.